The minimum atomic E-state index is -0.728. The first-order chi connectivity index (χ1) is 9.04. The van der Waals surface area contributed by atoms with E-state index in [1.807, 2.05) is 13.8 Å². The number of aliphatic hydroxyl groups is 1. The van der Waals surface area contributed by atoms with Crippen LogP contribution in [0, 0.1) is 6.92 Å². The molecule has 0 radical (unpaired) electrons. The van der Waals surface area contributed by atoms with Crippen LogP contribution in [0.3, 0.4) is 0 Å². The molecule has 1 aliphatic heterocycles. The summed E-state index contributed by atoms with van der Waals surface area (Å²) in [5.41, 5.74) is 0.476. The summed E-state index contributed by atoms with van der Waals surface area (Å²) in [7, 11) is 0. The number of carbonyl (C=O) groups is 1. The van der Waals surface area contributed by atoms with Gasteiger partial charge >= 0.3 is 0 Å². The number of likely N-dealkylation sites (tertiary alicyclic amines) is 1. The van der Waals surface area contributed by atoms with Crippen molar-refractivity contribution in [2.24, 2.45) is 0 Å². The quantitative estimate of drug-likeness (QED) is 0.824. The number of hydrogen-bond acceptors (Lipinski definition) is 5. The van der Waals surface area contributed by atoms with Crippen LogP contribution in [0.25, 0.3) is 5.78 Å². The fourth-order valence-corrected chi connectivity index (χ4v) is 2.30. The number of hydrogen-bond donors (Lipinski definition) is 1. The Hall–Kier alpha value is -2.02. The standard InChI is InChI=1S/C12H15N5O2/c1-3-12(19)5-16(6-12)10(18)9-4-13-11-14-7-15-17(11)8(9)2/h4,7,19H,3,5-6H2,1-2H3. The van der Waals surface area contributed by atoms with E-state index in [0.717, 1.165) is 0 Å². The van der Waals surface area contributed by atoms with Gasteiger partial charge < -0.3 is 10.0 Å². The first kappa shape index (κ1) is 12.0. The summed E-state index contributed by atoms with van der Waals surface area (Å²) in [5.74, 6) is 0.350. The molecule has 0 saturated carbocycles. The number of nitrogens with zero attached hydrogens (tertiary/aromatic N) is 5. The fraction of sp³-hybridized carbons (Fsp3) is 0.500. The summed E-state index contributed by atoms with van der Waals surface area (Å²) < 4.78 is 1.54. The third kappa shape index (κ3) is 1.77. The highest BCUT2D eigenvalue weighted by molar-refractivity contribution is 5.95. The number of aryl methyl sites for hydroxylation is 1. The number of aromatic nitrogens is 4. The number of fused-ring (bicyclic) bond motifs is 1. The second-order valence-corrected chi connectivity index (χ2v) is 4.97. The predicted octanol–water partition coefficient (Wildman–Crippen LogP) is 0.0296. The van der Waals surface area contributed by atoms with Gasteiger partial charge in [0.25, 0.3) is 11.7 Å². The van der Waals surface area contributed by atoms with E-state index in [1.54, 1.807) is 9.42 Å². The molecule has 7 heteroatoms. The van der Waals surface area contributed by atoms with Crippen molar-refractivity contribution in [3.63, 3.8) is 0 Å². The molecular formula is C12H15N5O2. The fourth-order valence-electron chi connectivity index (χ4n) is 2.30. The predicted molar refractivity (Wildman–Crippen MR) is 66.7 cm³/mol. The summed E-state index contributed by atoms with van der Waals surface area (Å²) in [6.07, 6.45) is 3.57. The summed E-state index contributed by atoms with van der Waals surface area (Å²) >= 11 is 0. The van der Waals surface area contributed by atoms with Gasteiger partial charge in [0.05, 0.1) is 29.9 Å². The van der Waals surface area contributed by atoms with Crippen LogP contribution in [-0.2, 0) is 0 Å². The Morgan fingerprint density at radius 2 is 2.21 bits per heavy atom. The minimum absolute atomic E-state index is 0.125. The molecule has 19 heavy (non-hydrogen) atoms. The number of amides is 1. The molecule has 1 aliphatic rings. The monoisotopic (exact) mass is 261 g/mol. The van der Waals surface area contributed by atoms with Gasteiger partial charge in [-0.1, -0.05) is 6.92 Å². The highest BCUT2D eigenvalue weighted by atomic mass is 16.3. The van der Waals surface area contributed by atoms with Crippen molar-refractivity contribution >= 4 is 11.7 Å². The van der Waals surface area contributed by atoms with Crippen molar-refractivity contribution in [1.82, 2.24) is 24.5 Å². The smallest absolute Gasteiger partial charge is 0.257 e. The second-order valence-electron chi connectivity index (χ2n) is 4.97. The first-order valence-electron chi connectivity index (χ1n) is 6.21. The highest BCUT2D eigenvalue weighted by Gasteiger charge is 2.42. The van der Waals surface area contributed by atoms with E-state index in [1.165, 1.54) is 12.5 Å². The lowest BCUT2D eigenvalue weighted by atomic mass is 9.90. The Kier molecular flexibility index (Phi) is 2.53. The molecule has 0 aliphatic carbocycles. The third-order valence-electron chi connectivity index (χ3n) is 3.69. The van der Waals surface area contributed by atoms with Crippen molar-refractivity contribution < 1.29 is 9.90 Å². The van der Waals surface area contributed by atoms with Crippen molar-refractivity contribution in [2.75, 3.05) is 13.1 Å². The molecule has 1 saturated heterocycles. The molecule has 2 aromatic heterocycles. The molecule has 1 N–H and O–H groups in total. The van der Waals surface area contributed by atoms with Crippen LogP contribution in [0.1, 0.15) is 29.4 Å². The van der Waals surface area contributed by atoms with Crippen LogP contribution in [0.5, 0.6) is 0 Å². The topological polar surface area (TPSA) is 83.6 Å². The maximum atomic E-state index is 12.3. The van der Waals surface area contributed by atoms with Gasteiger partial charge in [-0.2, -0.15) is 10.1 Å². The lowest BCUT2D eigenvalue weighted by Gasteiger charge is -2.46. The Morgan fingerprint density at radius 1 is 1.47 bits per heavy atom. The molecule has 3 heterocycles. The number of β-amino-alcohol motifs (C(OH)–C–C–N with tert-alkyl or cyclic N) is 1. The normalized spacial score (nSPS) is 17.5. The minimum Gasteiger partial charge on any atom is -0.386 e. The lowest BCUT2D eigenvalue weighted by Crippen LogP contribution is -2.63. The van der Waals surface area contributed by atoms with Gasteiger partial charge in [-0.3, -0.25) is 4.79 Å². The van der Waals surface area contributed by atoms with Crippen molar-refractivity contribution in [1.29, 1.82) is 0 Å². The van der Waals surface area contributed by atoms with Crippen molar-refractivity contribution in [2.45, 2.75) is 25.9 Å². The third-order valence-corrected chi connectivity index (χ3v) is 3.69. The maximum absolute atomic E-state index is 12.3. The van der Waals surface area contributed by atoms with Crippen LogP contribution < -0.4 is 0 Å². The molecular weight excluding hydrogens is 246 g/mol. The van der Waals surface area contributed by atoms with Crippen molar-refractivity contribution in [3.8, 4) is 0 Å². The van der Waals surface area contributed by atoms with E-state index in [4.69, 9.17) is 0 Å². The largest absolute Gasteiger partial charge is 0.386 e. The van der Waals surface area contributed by atoms with Gasteiger partial charge in [0.2, 0.25) is 0 Å². The van der Waals surface area contributed by atoms with E-state index < -0.39 is 5.60 Å². The Balaban J connectivity index is 1.89. The van der Waals surface area contributed by atoms with E-state index in [0.29, 0.717) is 36.5 Å². The molecule has 0 aromatic carbocycles. The summed E-state index contributed by atoms with van der Waals surface area (Å²) in [6, 6.07) is 0. The van der Waals surface area contributed by atoms with E-state index >= 15 is 0 Å². The Morgan fingerprint density at radius 3 is 2.89 bits per heavy atom. The molecule has 100 valence electrons. The van der Waals surface area contributed by atoms with Crippen molar-refractivity contribution in [3.05, 3.63) is 23.8 Å². The molecule has 1 fully saturated rings. The van der Waals surface area contributed by atoms with Gasteiger partial charge in [-0.05, 0) is 13.3 Å². The van der Waals surface area contributed by atoms with Crippen LogP contribution in [0.4, 0.5) is 0 Å². The molecule has 0 unspecified atom stereocenters. The number of carbonyl (C=O) groups excluding carboxylic acids is 1. The van der Waals surface area contributed by atoms with Crippen LogP contribution in [-0.4, -0.2) is 54.2 Å². The molecule has 0 atom stereocenters. The SMILES string of the molecule is CCC1(O)CN(C(=O)c2cnc3ncnn3c2C)C1. The van der Waals surface area contributed by atoms with Gasteiger partial charge in [0.1, 0.15) is 6.33 Å². The molecule has 3 rings (SSSR count). The van der Waals surface area contributed by atoms with Crippen LogP contribution >= 0.6 is 0 Å². The zero-order valence-corrected chi connectivity index (χ0v) is 10.9. The summed E-state index contributed by atoms with van der Waals surface area (Å²) in [4.78, 5) is 22.0. The van der Waals surface area contributed by atoms with Gasteiger partial charge in [-0.25, -0.2) is 9.50 Å². The van der Waals surface area contributed by atoms with E-state index in [2.05, 4.69) is 15.1 Å². The molecule has 0 bridgehead atoms. The molecule has 2 aromatic rings. The molecule has 7 nitrogen and oxygen atoms in total. The highest BCUT2D eigenvalue weighted by Crippen LogP contribution is 2.26. The van der Waals surface area contributed by atoms with E-state index in [-0.39, 0.29) is 5.91 Å². The average Bonchev–Trinajstić information content (AvgIpc) is 2.84. The molecule has 0 spiro atoms. The average molecular weight is 261 g/mol. The second kappa shape index (κ2) is 3.99. The summed E-state index contributed by atoms with van der Waals surface area (Å²) in [6.45, 7) is 4.47. The summed E-state index contributed by atoms with van der Waals surface area (Å²) in [5, 5.41) is 14.0. The zero-order valence-electron chi connectivity index (χ0n) is 10.9. The van der Waals surface area contributed by atoms with Gasteiger partial charge in [-0.15, -0.1) is 0 Å². The Labute approximate surface area is 109 Å². The van der Waals surface area contributed by atoms with Crippen LogP contribution in [0.2, 0.25) is 0 Å². The van der Waals surface area contributed by atoms with Gasteiger partial charge in [0.15, 0.2) is 0 Å². The van der Waals surface area contributed by atoms with Gasteiger partial charge in [0, 0.05) is 6.20 Å². The maximum Gasteiger partial charge on any atom is 0.257 e. The number of rotatable bonds is 2. The lowest BCUT2D eigenvalue weighted by molar-refractivity contribution is -0.0827. The van der Waals surface area contributed by atoms with Crippen LogP contribution in [0.15, 0.2) is 12.5 Å². The zero-order chi connectivity index (χ0) is 13.6. The first-order valence-corrected chi connectivity index (χ1v) is 6.21. The Bertz CT molecular complexity index is 645. The molecule has 1 amide bonds. The van der Waals surface area contributed by atoms with E-state index in [9.17, 15) is 9.90 Å².